The zero-order valence-electron chi connectivity index (χ0n) is 15.6. The van der Waals surface area contributed by atoms with Crippen molar-refractivity contribution in [3.05, 3.63) is 52.0 Å². The first-order valence-electron chi connectivity index (χ1n) is 8.37. The number of halogens is 2. The lowest BCUT2D eigenvalue weighted by atomic mass is 9.98. The van der Waals surface area contributed by atoms with Crippen molar-refractivity contribution in [2.75, 3.05) is 19.6 Å². The van der Waals surface area contributed by atoms with Gasteiger partial charge >= 0.3 is 0 Å². The molecule has 1 aromatic heterocycles. The Morgan fingerprint density at radius 2 is 1.81 bits per heavy atom. The van der Waals surface area contributed by atoms with Crippen LogP contribution in [0.2, 0.25) is 0 Å². The van der Waals surface area contributed by atoms with E-state index in [1.165, 1.54) is 5.56 Å². The van der Waals surface area contributed by atoms with Gasteiger partial charge in [-0.3, -0.25) is 4.79 Å². The Kier molecular flexibility index (Phi) is 11.0. The molecule has 0 radical (unpaired) electrons. The van der Waals surface area contributed by atoms with Crippen LogP contribution in [0.3, 0.4) is 0 Å². The van der Waals surface area contributed by atoms with Gasteiger partial charge < -0.3 is 10.6 Å². The molecule has 0 unspecified atom stereocenters. The molecule has 2 rings (SSSR count). The van der Waals surface area contributed by atoms with E-state index in [0.29, 0.717) is 26.1 Å². The average molecular weight is 418 g/mol. The molecular formula is C19H29Cl2N3OS. The van der Waals surface area contributed by atoms with Crippen LogP contribution < -0.4 is 5.73 Å². The number of carbonyl (C=O) groups excluding carboxylic acids is 1. The van der Waals surface area contributed by atoms with Crippen LogP contribution in [0, 0.1) is 0 Å². The summed E-state index contributed by atoms with van der Waals surface area (Å²) in [6.45, 7) is 8.16. The average Bonchev–Trinajstić information content (AvgIpc) is 3.01. The van der Waals surface area contributed by atoms with E-state index in [2.05, 4.69) is 37.9 Å². The van der Waals surface area contributed by atoms with Crippen LogP contribution in [-0.4, -0.2) is 35.4 Å². The Hall–Kier alpha value is -1.14. The highest BCUT2D eigenvalue weighted by Gasteiger charge is 2.20. The van der Waals surface area contributed by atoms with Crippen molar-refractivity contribution < 1.29 is 4.79 Å². The highest BCUT2D eigenvalue weighted by atomic mass is 35.5. The van der Waals surface area contributed by atoms with Crippen molar-refractivity contribution in [1.29, 1.82) is 0 Å². The Balaban J connectivity index is 0.00000312. The van der Waals surface area contributed by atoms with E-state index in [9.17, 15) is 4.79 Å². The molecule has 0 aliphatic rings. The predicted molar refractivity (Wildman–Crippen MR) is 115 cm³/mol. The monoisotopic (exact) mass is 417 g/mol. The van der Waals surface area contributed by atoms with E-state index in [4.69, 9.17) is 5.73 Å². The number of thiazole rings is 1. The summed E-state index contributed by atoms with van der Waals surface area (Å²) in [6.07, 6.45) is 1.19. The summed E-state index contributed by atoms with van der Waals surface area (Å²) in [7, 11) is 0. The molecule has 7 heteroatoms. The van der Waals surface area contributed by atoms with Crippen LogP contribution in [0.5, 0.6) is 0 Å². The molecule has 1 heterocycles. The third-order valence-corrected chi connectivity index (χ3v) is 5.11. The molecule has 2 aromatic rings. The Morgan fingerprint density at radius 3 is 2.35 bits per heavy atom. The van der Waals surface area contributed by atoms with Gasteiger partial charge in [0.05, 0.1) is 17.1 Å². The van der Waals surface area contributed by atoms with E-state index in [0.717, 1.165) is 17.1 Å². The normalized spacial score (nSPS) is 10.6. The van der Waals surface area contributed by atoms with Crippen molar-refractivity contribution in [3.63, 3.8) is 0 Å². The van der Waals surface area contributed by atoms with E-state index in [1.54, 1.807) is 11.3 Å². The molecule has 146 valence electrons. The Labute approximate surface area is 173 Å². The van der Waals surface area contributed by atoms with Crippen molar-refractivity contribution >= 4 is 42.1 Å². The van der Waals surface area contributed by atoms with Crippen molar-refractivity contribution in [2.45, 2.75) is 39.0 Å². The lowest BCUT2D eigenvalue weighted by Gasteiger charge is -2.22. The molecule has 0 saturated carbocycles. The van der Waals surface area contributed by atoms with Gasteiger partial charge in [-0.05, 0) is 12.0 Å². The molecular weight excluding hydrogens is 389 g/mol. The first-order chi connectivity index (χ1) is 11.4. The zero-order valence-corrected chi connectivity index (χ0v) is 18.1. The standard InChI is InChI=1S/C19H27N3OS.2ClH/c1-19(2,3)18-21-16(14-24-18)13-17(23)22(12-10-20)11-9-15-7-5-4-6-8-15;;/h4-8,14H,9-13,20H2,1-3H3;2*1H. The maximum Gasteiger partial charge on any atom is 0.228 e. The van der Waals surface area contributed by atoms with Gasteiger partial charge in [0.25, 0.3) is 0 Å². The van der Waals surface area contributed by atoms with Crippen LogP contribution in [0.4, 0.5) is 0 Å². The van der Waals surface area contributed by atoms with Crippen LogP contribution in [-0.2, 0) is 23.1 Å². The fraction of sp³-hybridized carbons (Fsp3) is 0.474. The molecule has 1 aromatic carbocycles. The van der Waals surface area contributed by atoms with Gasteiger partial charge in [0.15, 0.2) is 0 Å². The van der Waals surface area contributed by atoms with Crippen LogP contribution in [0.1, 0.15) is 37.0 Å². The minimum Gasteiger partial charge on any atom is -0.341 e. The van der Waals surface area contributed by atoms with Crippen molar-refractivity contribution in [2.24, 2.45) is 5.73 Å². The van der Waals surface area contributed by atoms with Gasteiger partial charge in [-0.1, -0.05) is 51.1 Å². The summed E-state index contributed by atoms with van der Waals surface area (Å²) in [4.78, 5) is 19.1. The highest BCUT2D eigenvalue weighted by molar-refractivity contribution is 7.09. The van der Waals surface area contributed by atoms with Crippen LogP contribution in [0.25, 0.3) is 0 Å². The third kappa shape index (κ3) is 7.62. The number of nitrogens with two attached hydrogens (primary N) is 1. The third-order valence-electron chi connectivity index (χ3n) is 3.79. The van der Waals surface area contributed by atoms with Gasteiger partial charge in [0, 0.05) is 30.4 Å². The van der Waals surface area contributed by atoms with E-state index in [-0.39, 0.29) is 36.1 Å². The van der Waals surface area contributed by atoms with E-state index >= 15 is 0 Å². The second kappa shape index (κ2) is 11.5. The molecule has 0 bridgehead atoms. The second-order valence-electron chi connectivity index (χ2n) is 6.98. The van der Waals surface area contributed by atoms with Crippen LogP contribution >= 0.6 is 36.2 Å². The summed E-state index contributed by atoms with van der Waals surface area (Å²) >= 11 is 1.63. The molecule has 0 aliphatic heterocycles. The molecule has 26 heavy (non-hydrogen) atoms. The lowest BCUT2D eigenvalue weighted by Crippen LogP contribution is -2.38. The summed E-state index contributed by atoms with van der Waals surface area (Å²) in [5.41, 5.74) is 7.80. The lowest BCUT2D eigenvalue weighted by molar-refractivity contribution is -0.130. The number of benzene rings is 1. The molecule has 0 atom stereocenters. The fourth-order valence-corrected chi connectivity index (χ4v) is 3.33. The minimum atomic E-state index is 0. The molecule has 0 spiro atoms. The number of nitrogens with zero attached hydrogens (tertiary/aromatic N) is 2. The first kappa shape index (κ1) is 24.9. The van der Waals surface area contributed by atoms with Gasteiger partial charge in [0.1, 0.15) is 0 Å². The highest BCUT2D eigenvalue weighted by Crippen LogP contribution is 2.25. The molecule has 2 N–H and O–H groups in total. The molecule has 4 nitrogen and oxygen atoms in total. The van der Waals surface area contributed by atoms with E-state index < -0.39 is 0 Å². The Bertz CT molecular complexity index is 656. The summed E-state index contributed by atoms with van der Waals surface area (Å²) in [6, 6.07) is 10.2. The topological polar surface area (TPSA) is 59.2 Å². The van der Waals surface area contributed by atoms with Crippen LogP contribution in [0.15, 0.2) is 35.7 Å². The summed E-state index contributed by atoms with van der Waals surface area (Å²) < 4.78 is 0. The Morgan fingerprint density at radius 1 is 1.15 bits per heavy atom. The number of hydrogen-bond acceptors (Lipinski definition) is 4. The second-order valence-corrected chi connectivity index (χ2v) is 7.83. The number of rotatable bonds is 7. The SMILES string of the molecule is CC(C)(C)c1nc(CC(=O)N(CCN)CCc2ccccc2)cs1.Cl.Cl. The maximum absolute atomic E-state index is 12.6. The minimum absolute atomic E-state index is 0. The zero-order chi connectivity index (χ0) is 17.6. The fourth-order valence-electron chi connectivity index (χ4n) is 2.43. The molecule has 0 saturated heterocycles. The molecule has 1 amide bonds. The number of hydrogen-bond donors (Lipinski definition) is 1. The van der Waals surface area contributed by atoms with E-state index in [1.807, 2.05) is 28.5 Å². The molecule has 0 fully saturated rings. The molecule has 0 aliphatic carbocycles. The van der Waals surface area contributed by atoms with Gasteiger partial charge in [-0.2, -0.15) is 0 Å². The van der Waals surface area contributed by atoms with Gasteiger partial charge in [0.2, 0.25) is 5.91 Å². The summed E-state index contributed by atoms with van der Waals surface area (Å²) in [5, 5.41) is 3.07. The van der Waals surface area contributed by atoms with Crippen molar-refractivity contribution in [3.8, 4) is 0 Å². The first-order valence-corrected chi connectivity index (χ1v) is 9.25. The maximum atomic E-state index is 12.6. The number of aromatic nitrogens is 1. The van der Waals surface area contributed by atoms with Gasteiger partial charge in [-0.15, -0.1) is 36.2 Å². The van der Waals surface area contributed by atoms with Gasteiger partial charge in [-0.25, -0.2) is 4.98 Å². The smallest absolute Gasteiger partial charge is 0.228 e. The number of amides is 1. The van der Waals surface area contributed by atoms with Crippen molar-refractivity contribution in [1.82, 2.24) is 9.88 Å². The predicted octanol–water partition coefficient (Wildman–Crippen LogP) is 3.86. The largest absolute Gasteiger partial charge is 0.341 e. The summed E-state index contributed by atoms with van der Waals surface area (Å²) in [5.74, 6) is 0.0992. The quantitative estimate of drug-likeness (QED) is 0.743. The number of carbonyl (C=O) groups is 1.